The molecule has 0 unspecified atom stereocenters. The number of nitrogens with zero attached hydrogens (tertiary/aromatic N) is 4. The Morgan fingerprint density at radius 1 is 0.931 bits per heavy atom. The molecule has 1 aromatic heterocycles. The number of carbonyl (C=O) groups excluding carboxylic acids is 1. The summed E-state index contributed by atoms with van der Waals surface area (Å²) in [7, 11) is 0. The Hall–Kier alpha value is -2.92. The number of benzene rings is 2. The summed E-state index contributed by atoms with van der Waals surface area (Å²) < 4.78 is 1.82. The van der Waals surface area contributed by atoms with Gasteiger partial charge in [0, 0.05) is 37.9 Å². The van der Waals surface area contributed by atoms with Gasteiger partial charge in [-0.25, -0.2) is 4.68 Å². The lowest BCUT2D eigenvalue weighted by atomic mass is 10.0. The van der Waals surface area contributed by atoms with Crippen LogP contribution < -0.4 is 0 Å². The van der Waals surface area contributed by atoms with Crippen molar-refractivity contribution in [2.24, 2.45) is 0 Å². The minimum atomic E-state index is 0.0671. The van der Waals surface area contributed by atoms with Crippen LogP contribution in [0.25, 0.3) is 16.9 Å². The number of aromatic nitrogens is 2. The van der Waals surface area contributed by atoms with Crippen LogP contribution in [0.1, 0.15) is 29.8 Å². The number of hydrogen-bond acceptors (Lipinski definition) is 3. The Labute approximate surface area is 172 Å². The topological polar surface area (TPSA) is 41.4 Å². The highest BCUT2D eigenvalue weighted by atomic mass is 16.2. The molecule has 1 aliphatic rings. The van der Waals surface area contributed by atoms with Crippen molar-refractivity contribution >= 4 is 5.91 Å². The van der Waals surface area contributed by atoms with E-state index in [9.17, 15) is 4.79 Å². The van der Waals surface area contributed by atoms with Gasteiger partial charge in [-0.05, 0) is 30.7 Å². The summed E-state index contributed by atoms with van der Waals surface area (Å²) in [6.45, 7) is 8.71. The Balaban J connectivity index is 1.70. The van der Waals surface area contributed by atoms with E-state index in [0.29, 0.717) is 5.56 Å². The molecule has 4 rings (SSSR count). The van der Waals surface area contributed by atoms with E-state index in [1.165, 1.54) is 5.56 Å². The minimum Gasteiger partial charge on any atom is -0.336 e. The molecule has 2 aromatic carbocycles. The van der Waals surface area contributed by atoms with Gasteiger partial charge >= 0.3 is 0 Å². The molecule has 0 radical (unpaired) electrons. The lowest BCUT2D eigenvalue weighted by Crippen LogP contribution is -2.48. The summed E-state index contributed by atoms with van der Waals surface area (Å²) in [6, 6.07) is 18.3. The molecule has 5 heteroatoms. The average Bonchev–Trinajstić information content (AvgIpc) is 3.25. The van der Waals surface area contributed by atoms with Crippen LogP contribution in [0.5, 0.6) is 0 Å². The molecule has 0 aliphatic carbocycles. The number of carbonyl (C=O) groups is 1. The molecular weight excluding hydrogens is 360 g/mol. The van der Waals surface area contributed by atoms with Crippen molar-refractivity contribution in [3.8, 4) is 16.9 Å². The summed E-state index contributed by atoms with van der Waals surface area (Å²) in [5.41, 5.74) is 4.63. The first-order valence-corrected chi connectivity index (χ1v) is 10.5. The van der Waals surface area contributed by atoms with Gasteiger partial charge in [-0.1, -0.05) is 56.3 Å². The molecule has 150 valence electrons. The minimum absolute atomic E-state index is 0.0671. The summed E-state index contributed by atoms with van der Waals surface area (Å²) >= 11 is 0. The lowest BCUT2D eigenvalue weighted by Gasteiger charge is -2.34. The molecule has 0 saturated carbocycles. The van der Waals surface area contributed by atoms with Crippen molar-refractivity contribution in [2.45, 2.75) is 20.3 Å². The molecule has 0 atom stereocenters. The quantitative estimate of drug-likeness (QED) is 0.666. The second-order valence-electron chi connectivity index (χ2n) is 7.45. The first-order valence-electron chi connectivity index (χ1n) is 10.5. The number of likely N-dealkylation sites (N-methyl/N-ethyl adjacent to an activating group) is 1. The van der Waals surface area contributed by atoms with Gasteiger partial charge in [-0.15, -0.1) is 0 Å². The van der Waals surface area contributed by atoms with Gasteiger partial charge in [0.25, 0.3) is 5.91 Å². The van der Waals surface area contributed by atoms with Crippen molar-refractivity contribution in [3.63, 3.8) is 0 Å². The highest BCUT2D eigenvalue weighted by Gasteiger charge is 2.26. The molecule has 5 nitrogen and oxygen atoms in total. The predicted molar refractivity (Wildman–Crippen MR) is 116 cm³/mol. The second-order valence-corrected chi connectivity index (χ2v) is 7.45. The summed E-state index contributed by atoms with van der Waals surface area (Å²) in [4.78, 5) is 17.7. The summed E-state index contributed by atoms with van der Waals surface area (Å²) in [6.07, 6.45) is 2.87. The van der Waals surface area contributed by atoms with Gasteiger partial charge in [-0.2, -0.15) is 5.10 Å². The molecule has 1 fully saturated rings. The molecule has 1 amide bonds. The molecule has 3 aromatic rings. The zero-order valence-corrected chi connectivity index (χ0v) is 17.2. The number of hydrogen-bond donors (Lipinski definition) is 0. The van der Waals surface area contributed by atoms with E-state index in [0.717, 1.165) is 56.1 Å². The van der Waals surface area contributed by atoms with E-state index in [1.807, 2.05) is 46.1 Å². The van der Waals surface area contributed by atoms with Crippen molar-refractivity contribution in [1.82, 2.24) is 19.6 Å². The van der Waals surface area contributed by atoms with Crippen molar-refractivity contribution in [3.05, 3.63) is 71.9 Å². The SMILES string of the molecule is CCc1ccc(-c2nn(-c3ccccc3)cc2C(=O)N2CCN(CC)CC2)cc1. The van der Waals surface area contributed by atoms with Crippen LogP contribution in [0, 0.1) is 0 Å². The largest absolute Gasteiger partial charge is 0.336 e. The first kappa shape index (κ1) is 19.4. The van der Waals surface area contributed by atoms with E-state index in [-0.39, 0.29) is 5.91 Å². The fraction of sp³-hybridized carbons (Fsp3) is 0.333. The molecule has 0 spiro atoms. The van der Waals surface area contributed by atoms with E-state index >= 15 is 0 Å². The fourth-order valence-electron chi connectivity index (χ4n) is 3.79. The zero-order chi connectivity index (χ0) is 20.2. The average molecular weight is 389 g/mol. The van der Waals surface area contributed by atoms with Crippen LogP contribution >= 0.6 is 0 Å². The third kappa shape index (κ3) is 4.10. The van der Waals surface area contributed by atoms with E-state index in [1.54, 1.807) is 0 Å². The Morgan fingerprint density at radius 3 is 2.24 bits per heavy atom. The van der Waals surface area contributed by atoms with E-state index < -0.39 is 0 Å². The van der Waals surface area contributed by atoms with Crippen molar-refractivity contribution in [2.75, 3.05) is 32.7 Å². The molecule has 0 bridgehead atoms. The van der Waals surface area contributed by atoms with E-state index in [2.05, 4.69) is 43.0 Å². The molecule has 1 saturated heterocycles. The summed E-state index contributed by atoms with van der Waals surface area (Å²) in [5.74, 6) is 0.0671. The molecule has 29 heavy (non-hydrogen) atoms. The normalized spacial score (nSPS) is 14.9. The van der Waals surface area contributed by atoms with Crippen molar-refractivity contribution < 1.29 is 4.79 Å². The van der Waals surface area contributed by atoms with Gasteiger partial charge in [0.15, 0.2) is 0 Å². The van der Waals surface area contributed by atoms with Crippen LogP contribution in [-0.4, -0.2) is 58.2 Å². The maximum Gasteiger partial charge on any atom is 0.257 e. The zero-order valence-electron chi connectivity index (χ0n) is 17.2. The maximum absolute atomic E-state index is 13.4. The number of rotatable bonds is 5. The highest BCUT2D eigenvalue weighted by Crippen LogP contribution is 2.26. The molecule has 0 N–H and O–H groups in total. The van der Waals surface area contributed by atoms with E-state index in [4.69, 9.17) is 5.10 Å². The molecular formula is C24H28N4O. The van der Waals surface area contributed by atoms with Crippen LogP contribution in [-0.2, 0) is 6.42 Å². The first-order chi connectivity index (χ1) is 14.2. The summed E-state index contributed by atoms with van der Waals surface area (Å²) in [5, 5.41) is 4.81. The van der Waals surface area contributed by atoms with Gasteiger partial charge in [0.05, 0.1) is 11.3 Å². The predicted octanol–water partition coefficient (Wildman–Crippen LogP) is 3.88. The lowest BCUT2D eigenvalue weighted by molar-refractivity contribution is 0.0644. The van der Waals surface area contributed by atoms with Crippen molar-refractivity contribution in [1.29, 1.82) is 0 Å². The highest BCUT2D eigenvalue weighted by molar-refractivity contribution is 6.00. The fourth-order valence-corrected chi connectivity index (χ4v) is 3.79. The monoisotopic (exact) mass is 388 g/mol. The van der Waals surface area contributed by atoms with Gasteiger partial charge in [0.1, 0.15) is 5.69 Å². The van der Waals surface area contributed by atoms with Crippen LogP contribution in [0.2, 0.25) is 0 Å². The van der Waals surface area contributed by atoms with Gasteiger partial charge in [-0.3, -0.25) is 4.79 Å². The van der Waals surface area contributed by atoms with Crippen LogP contribution in [0.3, 0.4) is 0 Å². The van der Waals surface area contributed by atoms with Crippen LogP contribution in [0.4, 0.5) is 0 Å². The van der Waals surface area contributed by atoms with Crippen LogP contribution in [0.15, 0.2) is 60.8 Å². The van der Waals surface area contributed by atoms with Gasteiger partial charge in [0.2, 0.25) is 0 Å². The number of piperazine rings is 1. The Kier molecular flexibility index (Phi) is 5.76. The molecule has 2 heterocycles. The Bertz CT molecular complexity index is 954. The number of para-hydroxylation sites is 1. The standard InChI is InChI=1S/C24H28N4O/c1-3-19-10-12-20(13-11-19)23-22(18-28(25-23)21-8-6-5-7-9-21)24(29)27-16-14-26(4-2)15-17-27/h5-13,18H,3-4,14-17H2,1-2H3. The number of aryl methyl sites for hydroxylation is 1. The third-order valence-electron chi connectivity index (χ3n) is 5.71. The Morgan fingerprint density at radius 2 is 1.62 bits per heavy atom. The second kappa shape index (κ2) is 8.62. The van der Waals surface area contributed by atoms with Gasteiger partial charge < -0.3 is 9.80 Å². The molecule has 1 aliphatic heterocycles. The maximum atomic E-state index is 13.4. The third-order valence-corrected chi connectivity index (χ3v) is 5.71. The number of amides is 1. The smallest absolute Gasteiger partial charge is 0.257 e.